The van der Waals surface area contributed by atoms with E-state index in [1.807, 2.05) is 11.5 Å². The van der Waals surface area contributed by atoms with Gasteiger partial charge in [-0.05, 0) is 31.4 Å². The first-order valence-corrected chi connectivity index (χ1v) is 4.65. The summed E-state index contributed by atoms with van der Waals surface area (Å²) in [6, 6.07) is 0.437. The SMILES string of the molecule is CCC(CC)n1c(C)nnc1Cl. The Bertz CT molecular complexity index is 233. The summed E-state index contributed by atoms with van der Waals surface area (Å²) >= 11 is 5.89. The Morgan fingerprint density at radius 1 is 1.33 bits per heavy atom. The van der Waals surface area contributed by atoms with E-state index in [-0.39, 0.29) is 0 Å². The predicted molar refractivity (Wildman–Crippen MR) is 49.4 cm³/mol. The topological polar surface area (TPSA) is 30.7 Å². The van der Waals surface area contributed by atoms with E-state index in [9.17, 15) is 0 Å². The summed E-state index contributed by atoms with van der Waals surface area (Å²) in [4.78, 5) is 0. The van der Waals surface area contributed by atoms with Crippen LogP contribution in [-0.4, -0.2) is 14.8 Å². The first-order chi connectivity index (χ1) is 5.70. The van der Waals surface area contributed by atoms with Gasteiger partial charge in [-0.15, -0.1) is 10.2 Å². The summed E-state index contributed by atoms with van der Waals surface area (Å²) in [5, 5.41) is 8.23. The average molecular weight is 188 g/mol. The van der Waals surface area contributed by atoms with Gasteiger partial charge in [0.15, 0.2) is 0 Å². The second kappa shape index (κ2) is 3.90. The Kier molecular flexibility index (Phi) is 3.09. The van der Waals surface area contributed by atoms with E-state index in [4.69, 9.17) is 11.6 Å². The second-order valence-corrected chi connectivity index (χ2v) is 3.19. The number of halogens is 1. The molecular formula is C8H14ClN3. The summed E-state index contributed by atoms with van der Waals surface area (Å²) in [6.07, 6.45) is 2.13. The molecule has 1 rings (SSSR count). The Morgan fingerprint density at radius 3 is 2.25 bits per heavy atom. The molecule has 12 heavy (non-hydrogen) atoms. The number of nitrogens with zero attached hydrogens (tertiary/aromatic N) is 3. The highest BCUT2D eigenvalue weighted by Crippen LogP contribution is 2.21. The van der Waals surface area contributed by atoms with E-state index >= 15 is 0 Å². The highest BCUT2D eigenvalue weighted by Gasteiger charge is 2.13. The first kappa shape index (κ1) is 9.52. The Balaban J connectivity index is 2.98. The third-order valence-electron chi connectivity index (χ3n) is 2.13. The zero-order valence-electron chi connectivity index (χ0n) is 7.71. The standard InChI is InChI=1S/C8H14ClN3/c1-4-7(5-2)12-6(3)10-11-8(12)9/h7H,4-5H2,1-3H3. The van der Waals surface area contributed by atoms with Crippen molar-refractivity contribution in [1.82, 2.24) is 14.8 Å². The summed E-state index contributed by atoms with van der Waals surface area (Å²) < 4.78 is 1.99. The van der Waals surface area contributed by atoms with Crippen LogP contribution in [0.15, 0.2) is 0 Å². The maximum atomic E-state index is 5.89. The van der Waals surface area contributed by atoms with Crippen molar-refractivity contribution < 1.29 is 0 Å². The fraction of sp³-hybridized carbons (Fsp3) is 0.750. The van der Waals surface area contributed by atoms with Gasteiger partial charge >= 0.3 is 0 Å². The van der Waals surface area contributed by atoms with Crippen LogP contribution < -0.4 is 0 Å². The van der Waals surface area contributed by atoms with Gasteiger partial charge in [0, 0.05) is 6.04 Å². The molecule has 0 amide bonds. The Labute approximate surface area is 77.8 Å². The van der Waals surface area contributed by atoms with Crippen molar-refractivity contribution in [2.24, 2.45) is 0 Å². The summed E-state index contributed by atoms with van der Waals surface area (Å²) in [5.74, 6) is 0.897. The quantitative estimate of drug-likeness (QED) is 0.729. The molecule has 0 saturated carbocycles. The van der Waals surface area contributed by atoms with Gasteiger partial charge in [-0.1, -0.05) is 13.8 Å². The highest BCUT2D eigenvalue weighted by molar-refractivity contribution is 6.28. The molecule has 0 spiro atoms. The van der Waals surface area contributed by atoms with Crippen molar-refractivity contribution in [1.29, 1.82) is 0 Å². The van der Waals surface area contributed by atoms with Crippen LogP contribution in [0, 0.1) is 6.92 Å². The Morgan fingerprint density at radius 2 is 1.92 bits per heavy atom. The van der Waals surface area contributed by atoms with E-state index in [1.165, 1.54) is 0 Å². The molecule has 0 N–H and O–H groups in total. The van der Waals surface area contributed by atoms with E-state index < -0.39 is 0 Å². The van der Waals surface area contributed by atoms with Crippen LogP contribution in [-0.2, 0) is 0 Å². The van der Waals surface area contributed by atoms with Crippen LogP contribution in [0.4, 0.5) is 0 Å². The van der Waals surface area contributed by atoms with Crippen molar-refractivity contribution in [3.63, 3.8) is 0 Å². The van der Waals surface area contributed by atoms with Gasteiger partial charge in [0.05, 0.1) is 0 Å². The largest absolute Gasteiger partial charge is 0.299 e. The summed E-state index contributed by atoms with van der Waals surface area (Å²) in [5.41, 5.74) is 0. The fourth-order valence-corrected chi connectivity index (χ4v) is 1.71. The minimum Gasteiger partial charge on any atom is -0.299 e. The minimum absolute atomic E-state index is 0.437. The van der Waals surface area contributed by atoms with Gasteiger partial charge in [-0.2, -0.15) is 0 Å². The molecule has 0 aromatic carbocycles. The monoisotopic (exact) mass is 187 g/mol. The van der Waals surface area contributed by atoms with Crippen LogP contribution in [0.2, 0.25) is 5.28 Å². The third kappa shape index (κ3) is 1.61. The smallest absolute Gasteiger partial charge is 0.225 e. The zero-order valence-corrected chi connectivity index (χ0v) is 8.47. The van der Waals surface area contributed by atoms with Crippen molar-refractivity contribution >= 4 is 11.6 Å². The molecule has 0 radical (unpaired) electrons. The van der Waals surface area contributed by atoms with Crippen molar-refractivity contribution in [3.05, 3.63) is 11.1 Å². The van der Waals surface area contributed by atoms with Crippen molar-refractivity contribution in [2.45, 2.75) is 39.7 Å². The maximum absolute atomic E-state index is 5.89. The molecule has 0 saturated heterocycles. The average Bonchev–Trinajstić information content (AvgIpc) is 2.38. The number of hydrogen-bond donors (Lipinski definition) is 0. The van der Waals surface area contributed by atoms with Gasteiger partial charge in [0.25, 0.3) is 0 Å². The predicted octanol–water partition coefficient (Wildman–Crippen LogP) is 2.60. The molecule has 4 heteroatoms. The fourth-order valence-electron chi connectivity index (χ4n) is 1.41. The van der Waals surface area contributed by atoms with Crippen LogP contribution in [0.1, 0.15) is 38.6 Å². The third-order valence-corrected chi connectivity index (χ3v) is 2.39. The van der Waals surface area contributed by atoms with E-state index in [2.05, 4.69) is 24.0 Å². The number of rotatable bonds is 3. The molecule has 3 nitrogen and oxygen atoms in total. The van der Waals surface area contributed by atoms with E-state index in [1.54, 1.807) is 0 Å². The molecule has 1 aromatic rings. The van der Waals surface area contributed by atoms with Crippen LogP contribution in [0.5, 0.6) is 0 Å². The lowest BCUT2D eigenvalue weighted by Crippen LogP contribution is -2.08. The van der Waals surface area contributed by atoms with Crippen LogP contribution in [0.3, 0.4) is 0 Å². The van der Waals surface area contributed by atoms with Gasteiger partial charge in [0.2, 0.25) is 5.28 Å². The normalized spacial score (nSPS) is 11.1. The van der Waals surface area contributed by atoms with Gasteiger partial charge in [0.1, 0.15) is 5.82 Å². The molecule has 0 unspecified atom stereocenters. The zero-order chi connectivity index (χ0) is 9.14. The van der Waals surface area contributed by atoms with E-state index in [0.29, 0.717) is 11.3 Å². The lowest BCUT2D eigenvalue weighted by molar-refractivity contribution is 0.461. The minimum atomic E-state index is 0.437. The first-order valence-electron chi connectivity index (χ1n) is 4.27. The molecule has 0 aliphatic rings. The maximum Gasteiger partial charge on any atom is 0.225 e. The highest BCUT2D eigenvalue weighted by atomic mass is 35.5. The molecule has 0 atom stereocenters. The van der Waals surface area contributed by atoms with Gasteiger partial charge in [-0.3, -0.25) is 4.57 Å². The van der Waals surface area contributed by atoms with Crippen molar-refractivity contribution in [3.8, 4) is 0 Å². The van der Waals surface area contributed by atoms with Crippen LogP contribution >= 0.6 is 11.6 Å². The van der Waals surface area contributed by atoms with Gasteiger partial charge < -0.3 is 0 Å². The number of aromatic nitrogens is 3. The van der Waals surface area contributed by atoms with Crippen molar-refractivity contribution in [2.75, 3.05) is 0 Å². The second-order valence-electron chi connectivity index (χ2n) is 2.86. The summed E-state index contributed by atoms with van der Waals surface area (Å²) in [6.45, 7) is 6.21. The molecule has 1 heterocycles. The summed E-state index contributed by atoms with van der Waals surface area (Å²) in [7, 11) is 0. The number of aryl methyl sites for hydroxylation is 1. The molecule has 1 aromatic heterocycles. The molecule has 68 valence electrons. The molecule has 0 aliphatic carbocycles. The van der Waals surface area contributed by atoms with Crippen LogP contribution in [0.25, 0.3) is 0 Å². The molecule has 0 fully saturated rings. The molecule has 0 aliphatic heterocycles. The lowest BCUT2D eigenvalue weighted by Gasteiger charge is -2.15. The lowest BCUT2D eigenvalue weighted by atomic mass is 10.2. The molecular weight excluding hydrogens is 174 g/mol. The Hall–Kier alpha value is -0.570. The number of hydrogen-bond acceptors (Lipinski definition) is 2. The van der Waals surface area contributed by atoms with E-state index in [0.717, 1.165) is 18.7 Å². The van der Waals surface area contributed by atoms with Gasteiger partial charge in [-0.25, -0.2) is 0 Å². The molecule has 0 bridgehead atoms.